The zero-order valence-corrected chi connectivity index (χ0v) is 21.9. The van der Waals surface area contributed by atoms with Crippen molar-refractivity contribution in [2.45, 2.75) is 6.61 Å². The first-order valence-electron chi connectivity index (χ1n) is 9.57. The predicted octanol–water partition coefficient (Wildman–Crippen LogP) is 2.92. The number of halogens is 3. The van der Waals surface area contributed by atoms with Gasteiger partial charge in [-0.15, -0.1) is 0 Å². The molecule has 0 aliphatic rings. The Balaban J connectivity index is 0.00000306. The first kappa shape index (κ1) is 25.4. The minimum Gasteiger partial charge on any atom is -0.543 e. The standard InChI is InChI=1S/C25H16BrClFNO3.Na/c26-16-9-8-15(21(28)12-16)14-32-24-11-10-17(27)13-20(24)18-4-1-2-5-19(18)22-6-3-7-23(29-22)25(30)31;/h1-13H,14H2,(H,30,31);/q;+1/p-1. The van der Waals surface area contributed by atoms with Crippen LogP contribution >= 0.6 is 27.5 Å². The van der Waals surface area contributed by atoms with Crippen molar-refractivity contribution >= 4 is 33.5 Å². The third-order valence-corrected chi connectivity index (χ3v) is 5.52. The van der Waals surface area contributed by atoms with Crippen LogP contribution in [0.4, 0.5) is 4.39 Å². The van der Waals surface area contributed by atoms with Gasteiger partial charge in [-0.2, -0.15) is 0 Å². The van der Waals surface area contributed by atoms with E-state index < -0.39 is 5.97 Å². The van der Waals surface area contributed by atoms with Crippen LogP contribution in [0, 0.1) is 5.82 Å². The van der Waals surface area contributed by atoms with E-state index in [4.69, 9.17) is 16.3 Å². The molecule has 3 aromatic carbocycles. The van der Waals surface area contributed by atoms with E-state index in [1.165, 1.54) is 12.1 Å². The van der Waals surface area contributed by atoms with Gasteiger partial charge in [0.1, 0.15) is 18.2 Å². The average Bonchev–Trinajstić information content (AvgIpc) is 2.79. The molecule has 4 aromatic rings. The van der Waals surface area contributed by atoms with Crippen molar-refractivity contribution in [2.24, 2.45) is 0 Å². The van der Waals surface area contributed by atoms with E-state index in [1.54, 1.807) is 42.5 Å². The summed E-state index contributed by atoms with van der Waals surface area (Å²) in [7, 11) is 0. The van der Waals surface area contributed by atoms with Crippen molar-refractivity contribution in [3.63, 3.8) is 0 Å². The van der Waals surface area contributed by atoms with Gasteiger partial charge in [0.05, 0.1) is 17.4 Å². The fourth-order valence-corrected chi connectivity index (χ4v) is 3.78. The summed E-state index contributed by atoms with van der Waals surface area (Å²) in [6, 6.07) is 22.0. The van der Waals surface area contributed by atoms with Crippen molar-refractivity contribution in [3.05, 3.63) is 105 Å². The first-order valence-corrected chi connectivity index (χ1v) is 10.7. The van der Waals surface area contributed by atoms with Gasteiger partial charge in [-0.3, -0.25) is 0 Å². The molecule has 0 unspecified atom stereocenters. The summed E-state index contributed by atoms with van der Waals surface area (Å²) in [6.45, 7) is 0.0222. The molecule has 4 rings (SSSR count). The van der Waals surface area contributed by atoms with E-state index in [-0.39, 0.29) is 47.7 Å². The van der Waals surface area contributed by atoms with Gasteiger partial charge >= 0.3 is 29.6 Å². The molecule has 0 fully saturated rings. The number of hydrogen-bond acceptors (Lipinski definition) is 4. The van der Waals surface area contributed by atoms with Gasteiger partial charge in [-0.1, -0.05) is 63.9 Å². The van der Waals surface area contributed by atoms with Crippen LogP contribution in [-0.2, 0) is 6.61 Å². The van der Waals surface area contributed by atoms with E-state index in [9.17, 15) is 14.3 Å². The Morgan fingerprint density at radius 3 is 2.45 bits per heavy atom. The maximum absolute atomic E-state index is 14.2. The van der Waals surface area contributed by atoms with Crippen molar-refractivity contribution in [3.8, 4) is 28.1 Å². The predicted molar refractivity (Wildman–Crippen MR) is 123 cm³/mol. The summed E-state index contributed by atoms with van der Waals surface area (Å²) in [5, 5.41) is 11.8. The van der Waals surface area contributed by atoms with E-state index in [2.05, 4.69) is 20.9 Å². The molecule has 160 valence electrons. The molecule has 0 radical (unpaired) electrons. The average molecular weight is 535 g/mol. The summed E-state index contributed by atoms with van der Waals surface area (Å²) in [5.41, 5.74) is 2.82. The van der Waals surface area contributed by atoms with Crippen molar-refractivity contribution in [2.75, 3.05) is 0 Å². The molecule has 0 N–H and O–H groups in total. The largest absolute Gasteiger partial charge is 1.00 e. The maximum Gasteiger partial charge on any atom is 1.00 e. The summed E-state index contributed by atoms with van der Waals surface area (Å²) < 4.78 is 20.8. The van der Waals surface area contributed by atoms with Crippen LogP contribution in [0.1, 0.15) is 16.1 Å². The number of benzene rings is 3. The van der Waals surface area contributed by atoms with Crippen molar-refractivity contribution < 1.29 is 48.6 Å². The van der Waals surface area contributed by atoms with Crippen LogP contribution in [0.2, 0.25) is 5.02 Å². The maximum atomic E-state index is 14.2. The van der Waals surface area contributed by atoms with Gasteiger partial charge in [0.25, 0.3) is 0 Å². The van der Waals surface area contributed by atoms with Gasteiger partial charge < -0.3 is 14.6 Å². The summed E-state index contributed by atoms with van der Waals surface area (Å²) in [5.74, 6) is -1.23. The molecular weight excluding hydrogens is 520 g/mol. The fourth-order valence-electron chi connectivity index (χ4n) is 3.27. The molecule has 33 heavy (non-hydrogen) atoms. The Labute approximate surface area is 225 Å². The van der Waals surface area contributed by atoms with Crippen molar-refractivity contribution in [1.29, 1.82) is 0 Å². The summed E-state index contributed by atoms with van der Waals surface area (Å²) in [6.07, 6.45) is 0. The monoisotopic (exact) mass is 533 g/mol. The summed E-state index contributed by atoms with van der Waals surface area (Å²) in [4.78, 5) is 15.5. The number of carbonyl (C=O) groups is 1. The molecule has 0 spiro atoms. The number of carbonyl (C=O) groups excluding carboxylic acids is 1. The Kier molecular flexibility index (Phi) is 8.68. The third kappa shape index (κ3) is 6.02. The Morgan fingerprint density at radius 1 is 0.970 bits per heavy atom. The van der Waals surface area contributed by atoms with Crippen LogP contribution < -0.4 is 39.4 Å². The third-order valence-electron chi connectivity index (χ3n) is 4.79. The van der Waals surface area contributed by atoms with Crippen LogP contribution in [-0.4, -0.2) is 11.0 Å². The van der Waals surface area contributed by atoms with Crippen LogP contribution in [0.5, 0.6) is 5.75 Å². The molecule has 1 aromatic heterocycles. The van der Waals surface area contributed by atoms with E-state index >= 15 is 0 Å². The number of pyridine rings is 1. The molecule has 0 atom stereocenters. The van der Waals surface area contributed by atoms with E-state index in [0.29, 0.717) is 37.6 Å². The SMILES string of the molecule is O=C([O-])c1cccc(-c2ccccc2-c2cc(Cl)ccc2OCc2ccc(Br)cc2F)n1.[Na+]. The number of aromatic carboxylic acids is 1. The second-order valence-corrected chi connectivity index (χ2v) is 8.26. The van der Waals surface area contributed by atoms with Crippen LogP contribution in [0.3, 0.4) is 0 Å². The van der Waals surface area contributed by atoms with Crippen LogP contribution in [0.15, 0.2) is 83.3 Å². The Hall–Kier alpha value is -2.22. The molecular formula is C25H15BrClFNNaO3. The minimum atomic E-state index is -1.35. The Bertz CT molecular complexity index is 1320. The minimum absolute atomic E-state index is 0. The fraction of sp³-hybridized carbons (Fsp3) is 0.0400. The molecule has 1 heterocycles. The molecule has 0 saturated carbocycles. The summed E-state index contributed by atoms with van der Waals surface area (Å²) >= 11 is 9.51. The number of carboxylic acid groups (broad SMARTS) is 1. The molecule has 0 aliphatic carbocycles. The molecule has 0 aliphatic heterocycles. The molecule has 8 heteroatoms. The topological polar surface area (TPSA) is 62.2 Å². The number of carboxylic acids is 1. The van der Waals surface area contributed by atoms with Gasteiger partial charge in [-0.25, -0.2) is 9.37 Å². The number of aromatic nitrogens is 1. The molecule has 4 nitrogen and oxygen atoms in total. The zero-order chi connectivity index (χ0) is 22.7. The number of rotatable bonds is 6. The van der Waals surface area contributed by atoms with Gasteiger partial charge in [0.2, 0.25) is 0 Å². The second-order valence-electron chi connectivity index (χ2n) is 6.91. The van der Waals surface area contributed by atoms with Crippen LogP contribution in [0.25, 0.3) is 22.4 Å². The normalized spacial score (nSPS) is 10.4. The number of nitrogens with zero attached hydrogens (tertiary/aromatic N) is 1. The number of ether oxygens (including phenoxy) is 1. The number of hydrogen-bond donors (Lipinski definition) is 0. The van der Waals surface area contributed by atoms with Gasteiger partial charge in [-0.05, 0) is 48.0 Å². The molecule has 0 saturated heterocycles. The smallest absolute Gasteiger partial charge is 0.543 e. The quantitative estimate of drug-likeness (QED) is 0.357. The van der Waals surface area contributed by atoms with Gasteiger partial charge in [0.15, 0.2) is 0 Å². The van der Waals surface area contributed by atoms with E-state index in [1.807, 2.05) is 24.3 Å². The Morgan fingerprint density at radius 2 is 1.73 bits per heavy atom. The second kappa shape index (κ2) is 11.3. The van der Waals surface area contributed by atoms with E-state index in [0.717, 1.165) is 5.56 Å². The molecule has 0 bridgehead atoms. The molecule has 0 amide bonds. The van der Waals surface area contributed by atoms with Gasteiger partial charge in [0, 0.05) is 26.2 Å². The first-order chi connectivity index (χ1) is 15.4. The zero-order valence-electron chi connectivity index (χ0n) is 17.5. The van der Waals surface area contributed by atoms with Crippen molar-refractivity contribution in [1.82, 2.24) is 4.98 Å².